The maximum absolute atomic E-state index is 14.3. The molecule has 0 bridgehead atoms. The molecule has 0 radical (unpaired) electrons. The highest BCUT2D eigenvalue weighted by Gasteiger charge is 2.37. The van der Waals surface area contributed by atoms with E-state index in [1.807, 2.05) is 13.8 Å². The Kier molecular flexibility index (Phi) is 16.4. The molecule has 0 spiro atoms. The third-order valence-electron chi connectivity index (χ3n) is 7.04. The zero-order valence-electron chi connectivity index (χ0n) is 26.1. The van der Waals surface area contributed by atoms with E-state index >= 15 is 0 Å². The first kappa shape index (κ1) is 35.3. The molecule has 0 aliphatic carbocycles. The van der Waals surface area contributed by atoms with Crippen molar-refractivity contribution in [2.75, 3.05) is 13.1 Å². The monoisotopic (exact) mass is 561 g/mol. The van der Waals surface area contributed by atoms with Crippen LogP contribution in [-0.4, -0.2) is 52.6 Å². The molecule has 0 saturated heterocycles. The van der Waals surface area contributed by atoms with Crippen LogP contribution in [0.5, 0.6) is 5.75 Å². The van der Waals surface area contributed by atoms with Crippen LogP contribution in [0.15, 0.2) is 24.3 Å². The predicted molar refractivity (Wildman–Crippen MR) is 161 cm³/mol. The lowest BCUT2D eigenvalue weighted by atomic mass is 9.95. The first-order valence-corrected chi connectivity index (χ1v) is 15.3. The molecular weight excluding hydrogens is 506 g/mol. The van der Waals surface area contributed by atoms with Crippen LogP contribution in [0.1, 0.15) is 124 Å². The van der Waals surface area contributed by atoms with Crippen molar-refractivity contribution in [3.8, 4) is 5.75 Å². The fourth-order valence-corrected chi connectivity index (χ4v) is 4.54. The molecule has 0 saturated carbocycles. The number of carbonyl (C=O) groups excluding carboxylic acids is 3. The van der Waals surface area contributed by atoms with Crippen molar-refractivity contribution >= 4 is 17.9 Å². The van der Waals surface area contributed by atoms with Crippen LogP contribution < -0.4 is 10.6 Å². The molecule has 0 fully saturated rings. The average molecular weight is 562 g/mol. The Morgan fingerprint density at radius 1 is 0.900 bits per heavy atom. The molecule has 1 aromatic carbocycles. The Bertz CT molecular complexity index is 882. The second-order valence-electron chi connectivity index (χ2n) is 11.8. The lowest BCUT2D eigenvalue weighted by molar-refractivity contribution is -0.143. The number of unbranched alkanes of at least 4 members (excludes halogenated alkanes) is 7. The maximum Gasteiger partial charge on any atom is 0.408 e. The van der Waals surface area contributed by atoms with Gasteiger partial charge in [-0.2, -0.15) is 0 Å². The first-order chi connectivity index (χ1) is 18.9. The highest BCUT2D eigenvalue weighted by Crippen LogP contribution is 2.27. The summed E-state index contributed by atoms with van der Waals surface area (Å²) in [6.45, 7) is 14.4. The minimum Gasteiger partial charge on any atom is -0.508 e. The van der Waals surface area contributed by atoms with Crippen molar-refractivity contribution in [2.24, 2.45) is 5.92 Å². The lowest BCUT2D eigenvalue weighted by Crippen LogP contribution is -2.55. The highest BCUT2D eigenvalue weighted by molar-refractivity contribution is 5.92. The Balaban J connectivity index is 3.40. The topological polar surface area (TPSA) is 108 Å². The summed E-state index contributed by atoms with van der Waals surface area (Å²) >= 11 is 0. The molecule has 1 aromatic rings. The number of aromatic hydroxyl groups is 1. The van der Waals surface area contributed by atoms with Gasteiger partial charge < -0.3 is 25.4 Å². The Morgan fingerprint density at radius 2 is 1.48 bits per heavy atom. The van der Waals surface area contributed by atoms with E-state index in [4.69, 9.17) is 4.74 Å². The van der Waals surface area contributed by atoms with Gasteiger partial charge in [-0.05, 0) is 57.2 Å². The van der Waals surface area contributed by atoms with Crippen LogP contribution in [0.3, 0.4) is 0 Å². The van der Waals surface area contributed by atoms with Crippen molar-refractivity contribution < 1.29 is 24.2 Å². The van der Waals surface area contributed by atoms with Crippen LogP contribution in [0.25, 0.3) is 0 Å². The molecule has 0 aliphatic heterocycles. The van der Waals surface area contributed by atoms with E-state index in [9.17, 15) is 19.5 Å². The number of hydrogen-bond acceptors (Lipinski definition) is 5. The molecular formula is C32H55N3O5. The number of ether oxygens (including phenoxy) is 1. The zero-order valence-corrected chi connectivity index (χ0v) is 26.1. The second-order valence-corrected chi connectivity index (χ2v) is 11.8. The summed E-state index contributed by atoms with van der Waals surface area (Å²) in [5.74, 6) is -0.666. The lowest BCUT2D eigenvalue weighted by Gasteiger charge is -2.36. The van der Waals surface area contributed by atoms with E-state index in [1.54, 1.807) is 37.8 Å². The van der Waals surface area contributed by atoms with Gasteiger partial charge in [0.25, 0.3) is 0 Å². The molecule has 8 nitrogen and oxygen atoms in total. The van der Waals surface area contributed by atoms with Crippen molar-refractivity contribution in [2.45, 2.75) is 130 Å². The fourth-order valence-electron chi connectivity index (χ4n) is 4.54. The number of nitrogens with one attached hydrogen (secondary N) is 2. The van der Waals surface area contributed by atoms with E-state index in [-0.39, 0.29) is 23.5 Å². The Labute approximate surface area is 242 Å². The van der Waals surface area contributed by atoms with E-state index < -0.39 is 23.8 Å². The SMILES string of the molecule is CCCCCCCCN(C(=O)C(NC(=O)OC(C)(C)C)C(C)CC)C(C(=O)NCCCCC)c1ccc(O)cc1. The summed E-state index contributed by atoms with van der Waals surface area (Å²) in [7, 11) is 0. The second kappa shape index (κ2) is 18.6. The van der Waals surface area contributed by atoms with Crippen LogP contribution >= 0.6 is 0 Å². The Morgan fingerprint density at radius 3 is 2.05 bits per heavy atom. The normalized spacial score (nSPS) is 13.7. The van der Waals surface area contributed by atoms with Crippen LogP contribution in [0, 0.1) is 5.92 Å². The highest BCUT2D eigenvalue weighted by atomic mass is 16.6. The number of hydrogen-bond donors (Lipinski definition) is 3. The van der Waals surface area contributed by atoms with Gasteiger partial charge in [0.1, 0.15) is 23.4 Å². The number of phenols is 1. The van der Waals surface area contributed by atoms with Crippen molar-refractivity contribution in [1.29, 1.82) is 0 Å². The molecule has 40 heavy (non-hydrogen) atoms. The predicted octanol–water partition coefficient (Wildman–Crippen LogP) is 6.87. The molecule has 8 heteroatoms. The number of phenolic OH excluding ortho intramolecular Hbond substituents is 1. The standard InChI is InChI=1S/C32H55N3O5/c1-8-11-13-14-15-17-23-35(30(38)27(24(4)10-3)34-31(39)40-32(5,6)7)28(25-18-20-26(36)21-19-25)29(37)33-22-16-12-9-2/h18-21,24,27-28,36H,8-17,22-23H2,1-7H3,(H,33,37)(H,34,39). The number of nitrogens with zero attached hydrogens (tertiary/aromatic N) is 1. The summed E-state index contributed by atoms with van der Waals surface area (Å²) in [6.07, 6.45) is 9.10. The molecule has 228 valence electrons. The fraction of sp³-hybridized carbons (Fsp3) is 0.719. The third-order valence-corrected chi connectivity index (χ3v) is 7.04. The average Bonchev–Trinajstić information content (AvgIpc) is 2.90. The number of alkyl carbamates (subject to hydrolysis) is 1. The molecule has 0 aliphatic rings. The summed E-state index contributed by atoms with van der Waals surface area (Å²) < 4.78 is 5.48. The first-order valence-electron chi connectivity index (χ1n) is 15.3. The molecule has 3 amide bonds. The maximum atomic E-state index is 14.3. The molecule has 3 unspecified atom stereocenters. The smallest absolute Gasteiger partial charge is 0.408 e. The summed E-state index contributed by atoms with van der Waals surface area (Å²) in [6, 6.07) is 4.69. The molecule has 0 heterocycles. The van der Waals surface area contributed by atoms with Gasteiger partial charge in [-0.3, -0.25) is 9.59 Å². The van der Waals surface area contributed by atoms with E-state index in [0.717, 1.165) is 51.4 Å². The van der Waals surface area contributed by atoms with Crippen LogP contribution in [0.2, 0.25) is 0 Å². The molecule has 3 atom stereocenters. The Hall–Kier alpha value is -2.77. The van der Waals surface area contributed by atoms with Gasteiger partial charge in [0.05, 0.1) is 0 Å². The van der Waals surface area contributed by atoms with Crippen molar-refractivity contribution in [1.82, 2.24) is 15.5 Å². The van der Waals surface area contributed by atoms with Crippen LogP contribution in [-0.2, 0) is 14.3 Å². The third kappa shape index (κ3) is 13.1. The number of amides is 3. The summed E-state index contributed by atoms with van der Waals surface area (Å²) in [5, 5.41) is 15.8. The van der Waals surface area contributed by atoms with E-state index in [1.165, 1.54) is 18.6 Å². The van der Waals surface area contributed by atoms with Crippen molar-refractivity contribution in [3.63, 3.8) is 0 Å². The van der Waals surface area contributed by atoms with Gasteiger partial charge in [-0.25, -0.2) is 4.79 Å². The quantitative estimate of drug-likeness (QED) is 0.170. The molecule has 3 N–H and O–H groups in total. The summed E-state index contributed by atoms with van der Waals surface area (Å²) in [4.78, 5) is 42.4. The van der Waals surface area contributed by atoms with Crippen LogP contribution in [0.4, 0.5) is 4.79 Å². The molecule has 0 aromatic heterocycles. The minimum absolute atomic E-state index is 0.0868. The van der Waals surface area contributed by atoms with Gasteiger partial charge in [-0.15, -0.1) is 0 Å². The van der Waals surface area contributed by atoms with Crippen molar-refractivity contribution in [3.05, 3.63) is 29.8 Å². The van der Waals surface area contributed by atoms with Gasteiger partial charge in [0.2, 0.25) is 11.8 Å². The number of carbonyl (C=O) groups is 3. The van der Waals surface area contributed by atoms with E-state index in [0.29, 0.717) is 25.1 Å². The zero-order chi connectivity index (χ0) is 30.1. The van der Waals surface area contributed by atoms with E-state index in [2.05, 4.69) is 24.5 Å². The number of rotatable bonds is 18. The van der Waals surface area contributed by atoms with Gasteiger partial charge in [-0.1, -0.05) is 91.2 Å². The largest absolute Gasteiger partial charge is 0.508 e. The van der Waals surface area contributed by atoms with Gasteiger partial charge in [0.15, 0.2) is 0 Å². The van der Waals surface area contributed by atoms with Gasteiger partial charge >= 0.3 is 6.09 Å². The molecule has 1 rings (SSSR count). The summed E-state index contributed by atoms with van der Waals surface area (Å²) in [5.41, 5.74) is -0.0940. The minimum atomic E-state index is -0.891. The van der Waals surface area contributed by atoms with Gasteiger partial charge in [0, 0.05) is 13.1 Å². The number of benzene rings is 1.